The van der Waals surface area contributed by atoms with Gasteiger partial charge in [-0.1, -0.05) is 56.8 Å². The maximum Gasteiger partial charge on any atom is 0.0406 e. The summed E-state index contributed by atoms with van der Waals surface area (Å²) in [5.41, 5.74) is 8.11. The minimum absolute atomic E-state index is 0.164. The van der Waals surface area contributed by atoms with Crippen LogP contribution >= 0.6 is 11.6 Å². The topological polar surface area (TPSA) is 26.0 Å². The summed E-state index contributed by atoms with van der Waals surface area (Å²) in [6.45, 7) is 4.47. The van der Waals surface area contributed by atoms with Crippen LogP contribution in [-0.2, 0) is 5.41 Å². The summed E-state index contributed by atoms with van der Waals surface area (Å²) in [6.07, 6.45) is 6.37. The van der Waals surface area contributed by atoms with E-state index in [0.717, 1.165) is 5.02 Å². The number of halogens is 1. The van der Waals surface area contributed by atoms with Crippen LogP contribution < -0.4 is 5.73 Å². The number of nitrogens with two attached hydrogens (primary N) is 1. The first kappa shape index (κ1) is 13.9. The number of hydrogen-bond donors (Lipinski definition) is 1. The first-order chi connectivity index (χ1) is 8.56. The molecule has 2 rings (SSSR count). The summed E-state index contributed by atoms with van der Waals surface area (Å²) in [5.74, 6) is 0.513. The van der Waals surface area contributed by atoms with Gasteiger partial charge in [0, 0.05) is 16.5 Å². The molecule has 1 aromatic rings. The van der Waals surface area contributed by atoms with Crippen molar-refractivity contribution in [1.29, 1.82) is 0 Å². The molecule has 0 bridgehead atoms. The largest absolute Gasteiger partial charge is 0.327 e. The van der Waals surface area contributed by atoms with Crippen LogP contribution in [0.15, 0.2) is 24.3 Å². The van der Waals surface area contributed by atoms with E-state index in [1.165, 1.54) is 37.7 Å². The monoisotopic (exact) mass is 265 g/mol. The fraction of sp³-hybridized carbons (Fsp3) is 0.625. The van der Waals surface area contributed by atoms with Crippen LogP contribution in [0, 0.1) is 5.92 Å². The molecule has 1 atom stereocenters. The first-order valence-corrected chi connectivity index (χ1v) is 7.46. The summed E-state index contributed by atoms with van der Waals surface area (Å²) in [4.78, 5) is 0. The summed E-state index contributed by atoms with van der Waals surface area (Å²) >= 11 is 6.01. The SMILES string of the molecule is CC(C)C(N)C1(c2ccc(Cl)cc2)CCCCC1. The molecule has 100 valence electrons. The molecule has 0 radical (unpaired) electrons. The molecule has 0 aliphatic heterocycles. The van der Waals surface area contributed by atoms with Gasteiger partial charge in [-0.05, 0) is 36.5 Å². The van der Waals surface area contributed by atoms with Gasteiger partial charge in [-0.2, -0.15) is 0 Å². The maximum atomic E-state index is 6.56. The van der Waals surface area contributed by atoms with E-state index in [0.29, 0.717) is 5.92 Å². The number of hydrogen-bond acceptors (Lipinski definition) is 1. The second-order valence-corrected chi connectivity index (χ2v) is 6.43. The molecule has 0 heterocycles. The van der Waals surface area contributed by atoms with Crippen molar-refractivity contribution >= 4 is 11.6 Å². The molecular formula is C16H24ClN. The zero-order chi connectivity index (χ0) is 13.2. The molecule has 1 unspecified atom stereocenters. The van der Waals surface area contributed by atoms with Crippen molar-refractivity contribution in [1.82, 2.24) is 0 Å². The van der Waals surface area contributed by atoms with Crippen molar-refractivity contribution in [2.45, 2.75) is 57.4 Å². The maximum absolute atomic E-state index is 6.56. The molecule has 2 heteroatoms. The minimum Gasteiger partial charge on any atom is -0.327 e. The van der Waals surface area contributed by atoms with Gasteiger partial charge in [0.25, 0.3) is 0 Å². The highest BCUT2D eigenvalue weighted by atomic mass is 35.5. The van der Waals surface area contributed by atoms with Crippen molar-refractivity contribution in [2.75, 3.05) is 0 Å². The van der Waals surface area contributed by atoms with E-state index < -0.39 is 0 Å². The van der Waals surface area contributed by atoms with Crippen LogP contribution in [0.1, 0.15) is 51.5 Å². The smallest absolute Gasteiger partial charge is 0.0406 e. The van der Waals surface area contributed by atoms with Gasteiger partial charge < -0.3 is 5.73 Å². The lowest BCUT2D eigenvalue weighted by molar-refractivity contribution is 0.206. The summed E-state index contributed by atoms with van der Waals surface area (Å²) in [7, 11) is 0. The van der Waals surface area contributed by atoms with Gasteiger partial charge >= 0.3 is 0 Å². The fourth-order valence-electron chi connectivity index (χ4n) is 3.42. The Labute approximate surface area is 116 Å². The van der Waals surface area contributed by atoms with Crippen LogP contribution in [0.3, 0.4) is 0 Å². The molecule has 0 saturated heterocycles. The van der Waals surface area contributed by atoms with E-state index >= 15 is 0 Å². The molecule has 1 aromatic carbocycles. The predicted molar refractivity (Wildman–Crippen MR) is 79.0 cm³/mol. The average molecular weight is 266 g/mol. The van der Waals surface area contributed by atoms with Crippen LogP contribution in [0.4, 0.5) is 0 Å². The van der Waals surface area contributed by atoms with Crippen molar-refractivity contribution in [2.24, 2.45) is 11.7 Å². The summed E-state index contributed by atoms with van der Waals surface area (Å²) < 4.78 is 0. The van der Waals surface area contributed by atoms with Gasteiger partial charge in [0.15, 0.2) is 0 Å². The van der Waals surface area contributed by atoms with Crippen molar-refractivity contribution in [3.05, 3.63) is 34.9 Å². The molecule has 1 aliphatic carbocycles. The van der Waals surface area contributed by atoms with Crippen molar-refractivity contribution in [3.8, 4) is 0 Å². The van der Waals surface area contributed by atoms with E-state index in [1.54, 1.807) is 0 Å². The molecule has 0 aromatic heterocycles. The molecule has 0 amide bonds. The van der Waals surface area contributed by atoms with Gasteiger partial charge in [0.2, 0.25) is 0 Å². The van der Waals surface area contributed by atoms with Crippen LogP contribution in [0.25, 0.3) is 0 Å². The summed E-state index contributed by atoms with van der Waals surface area (Å²) in [5, 5.41) is 0.808. The second kappa shape index (κ2) is 5.63. The predicted octanol–water partition coefficient (Wildman–Crippen LogP) is 4.53. The fourth-order valence-corrected chi connectivity index (χ4v) is 3.54. The highest BCUT2D eigenvalue weighted by Gasteiger charge is 2.40. The molecule has 1 nitrogen and oxygen atoms in total. The van der Waals surface area contributed by atoms with E-state index in [4.69, 9.17) is 17.3 Å². The van der Waals surface area contributed by atoms with E-state index in [-0.39, 0.29) is 11.5 Å². The van der Waals surface area contributed by atoms with Crippen molar-refractivity contribution in [3.63, 3.8) is 0 Å². The van der Waals surface area contributed by atoms with Gasteiger partial charge in [-0.25, -0.2) is 0 Å². The van der Waals surface area contributed by atoms with E-state index in [9.17, 15) is 0 Å². The molecule has 2 N–H and O–H groups in total. The standard InChI is InChI=1S/C16H24ClN/c1-12(2)15(18)16(10-4-3-5-11-16)13-6-8-14(17)9-7-13/h6-9,12,15H,3-5,10-11,18H2,1-2H3. The van der Waals surface area contributed by atoms with Gasteiger partial charge in [0.05, 0.1) is 0 Å². The Kier molecular flexibility index (Phi) is 4.34. The molecule has 18 heavy (non-hydrogen) atoms. The zero-order valence-electron chi connectivity index (χ0n) is 11.5. The Hall–Kier alpha value is -0.530. The minimum atomic E-state index is 0.164. The highest BCUT2D eigenvalue weighted by Crippen LogP contribution is 2.43. The normalized spacial score (nSPS) is 20.9. The lowest BCUT2D eigenvalue weighted by atomic mass is 9.63. The number of rotatable bonds is 3. The van der Waals surface area contributed by atoms with Crippen LogP contribution in [0.2, 0.25) is 5.02 Å². The molecule has 1 aliphatic rings. The molecule has 0 spiro atoms. The Morgan fingerprint density at radius 3 is 2.11 bits per heavy atom. The quantitative estimate of drug-likeness (QED) is 0.854. The first-order valence-electron chi connectivity index (χ1n) is 7.08. The lowest BCUT2D eigenvalue weighted by Gasteiger charge is -2.44. The van der Waals surface area contributed by atoms with Crippen molar-refractivity contribution < 1.29 is 0 Å². The number of benzene rings is 1. The third-order valence-corrected chi connectivity index (χ3v) is 4.77. The highest BCUT2D eigenvalue weighted by molar-refractivity contribution is 6.30. The average Bonchev–Trinajstić information content (AvgIpc) is 2.39. The third kappa shape index (κ3) is 2.57. The zero-order valence-corrected chi connectivity index (χ0v) is 12.2. The Morgan fingerprint density at radius 2 is 1.61 bits per heavy atom. The van der Waals surface area contributed by atoms with Gasteiger partial charge in [-0.3, -0.25) is 0 Å². The second-order valence-electron chi connectivity index (χ2n) is 5.99. The Bertz CT molecular complexity index is 377. The lowest BCUT2D eigenvalue weighted by Crippen LogP contribution is -2.49. The molecule has 1 saturated carbocycles. The summed E-state index contributed by atoms with van der Waals surface area (Å²) in [6, 6.07) is 8.59. The Balaban J connectivity index is 2.37. The van der Waals surface area contributed by atoms with Gasteiger partial charge in [0.1, 0.15) is 0 Å². The van der Waals surface area contributed by atoms with Crippen LogP contribution in [-0.4, -0.2) is 6.04 Å². The van der Waals surface area contributed by atoms with E-state index in [1.807, 2.05) is 12.1 Å². The molecule has 1 fully saturated rings. The van der Waals surface area contributed by atoms with Crippen LogP contribution in [0.5, 0.6) is 0 Å². The van der Waals surface area contributed by atoms with E-state index in [2.05, 4.69) is 26.0 Å². The Morgan fingerprint density at radius 1 is 1.06 bits per heavy atom. The third-order valence-electron chi connectivity index (χ3n) is 4.52. The van der Waals surface area contributed by atoms with Gasteiger partial charge in [-0.15, -0.1) is 0 Å². The molecular weight excluding hydrogens is 242 g/mol.